The van der Waals surface area contributed by atoms with Gasteiger partial charge in [0.25, 0.3) is 0 Å². The van der Waals surface area contributed by atoms with Crippen molar-refractivity contribution in [3.8, 4) is 0 Å². The van der Waals surface area contributed by atoms with Crippen LogP contribution >= 0.6 is 0 Å². The van der Waals surface area contributed by atoms with Gasteiger partial charge in [-0.15, -0.1) is 0 Å². The first kappa shape index (κ1) is 12.0. The second kappa shape index (κ2) is 4.61. The summed E-state index contributed by atoms with van der Waals surface area (Å²) in [5.41, 5.74) is 0. The van der Waals surface area contributed by atoms with Gasteiger partial charge in [0.2, 0.25) is 5.91 Å². The van der Waals surface area contributed by atoms with E-state index in [1.165, 1.54) is 12.0 Å². The van der Waals surface area contributed by atoms with Gasteiger partial charge in [-0.2, -0.15) is 0 Å². The van der Waals surface area contributed by atoms with E-state index in [9.17, 15) is 14.7 Å². The second-order valence-corrected chi connectivity index (χ2v) is 4.12. The number of esters is 1. The third kappa shape index (κ3) is 2.47. The van der Waals surface area contributed by atoms with Crippen molar-refractivity contribution in [1.29, 1.82) is 0 Å². The van der Waals surface area contributed by atoms with Crippen molar-refractivity contribution in [1.82, 2.24) is 4.90 Å². The number of β-amino-alcohol motifs (C(OH)–C–C–N with tert-alkyl or cyclic N) is 1. The number of aliphatic hydroxyl groups is 1. The molecule has 1 fully saturated rings. The molecular formula is C10H17NO4. The van der Waals surface area contributed by atoms with Gasteiger partial charge in [-0.1, -0.05) is 13.8 Å². The Morgan fingerprint density at radius 1 is 1.60 bits per heavy atom. The van der Waals surface area contributed by atoms with Crippen LogP contribution in [-0.4, -0.2) is 47.7 Å². The summed E-state index contributed by atoms with van der Waals surface area (Å²) in [5.74, 6) is -0.634. The van der Waals surface area contributed by atoms with Crippen LogP contribution in [0.1, 0.15) is 20.3 Å². The first-order chi connectivity index (χ1) is 6.97. The molecule has 1 N–H and O–H groups in total. The Balaban J connectivity index is 2.81. The SMILES string of the molecule is COC(=O)C(C(C)C)N1CC(O)CC1=O. The van der Waals surface area contributed by atoms with E-state index in [1.54, 1.807) is 0 Å². The quantitative estimate of drug-likeness (QED) is 0.661. The molecule has 1 saturated heterocycles. The molecule has 0 aromatic carbocycles. The number of hydrogen-bond acceptors (Lipinski definition) is 4. The first-order valence-corrected chi connectivity index (χ1v) is 5.02. The lowest BCUT2D eigenvalue weighted by Crippen LogP contribution is -2.46. The van der Waals surface area contributed by atoms with Crippen LogP contribution in [0, 0.1) is 5.92 Å². The number of hydrogen-bond donors (Lipinski definition) is 1. The number of rotatable bonds is 3. The number of carbonyl (C=O) groups excluding carboxylic acids is 2. The predicted molar refractivity (Wildman–Crippen MR) is 53.0 cm³/mol. The summed E-state index contributed by atoms with van der Waals surface area (Å²) < 4.78 is 4.66. The molecule has 15 heavy (non-hydrogen) atoms. The van der Waals surface area contributed by atoms with Gasteiger partial charge in [0.15, 0.2) is 0 Å². The lowest BCUT2D eigenvalue weighted by Gasteiger charge is -2.28. The average Bonchev–Trinajstić information content (AvgIpc) is 2.45. The molecule has 86 valence electrons. The molecule has 5 heteroatoms. The maximum absolute atomic E-state index is 11.5. The normalized spacial score (nSPS) is 23.4. The van der Waals surface area contributed by atoms with Gasteiger partial charge in [-0.3, -0.25) is 4.79 Å². The van der Waals surface area contributed by atoms with Crippen LogP contribution in [0.3, 0.4) is 0 Å². The van der Waals surface area contributed by atoms with Gasteiger partial charge in [0, 0.05) is 6.54 Å². The highest BCUT2D eigenvalue weighted by Gasteiger charge is 2.38. The molecule has 1 amide bonds. The van der Waals surface area contributed by atoms with Crippen LogP contribution in [0.15, 0.2) is 0 Å². The molecule has 2 unspecified atom stereocenters. The van der Waals surface area contributed by atoms with Gasteiger partial charge in [-0.25, -0.2) is 4.79 Å². The lowest BCUT2D eigenvalue weighted by molar-refractivity contribution is -0.153. The van der Waals surface area contributed by atoms with Gasteiger partial charge in [0.05, 0.1) is 19.6 Å². The smallest absolute Gasteiger partial charge is 0.328 e. The monoisotopic (exact) mass is 215 g/mol. The summed E-state index contributed by atoms with van der Waals surface area (Å²) in [4.78, 5) is 24.4. The van der Waals surface area contributed by atoms with Crippen molar-refractivity contribution in [2.45, 2.75) is 32.4 Å². The van der Waals surface area contributed by atoms with Crippen LogP contribution in [0.2, 0.25) is 0 Å². The Labute approximate surface area is 89.0 Å². The summed E-state index contributed by atoms with van der Waals surface area (Å²) in [7, 11) is 1.30. The molecule has 0 saturated carbocycles. The number of methoxy groups -OCH3 is 1. The molecule has 1 aliphatic heterocycles. The Bertz CT molecular complexity index is 264. The zero-order valence-electron chi connectivity index (χ0n) is 9.27. The molecule has 1 rings (SSSR count). The van der Waals surface area contributed by atoms with Crippen LogP contribution in [0.25, 0.3) is 0 Å². The van der Waals surface area contributed by atoms with Crippen molar-refractivity contribution in [3.05, 3.63) is 0 Å². The minimum Gasteiger partial charge on any atom is -0.467 e. The third-order valence-corrected chi connectivity index (χ3v) is 2.55. The molecule has 2 atom stereocenters. The van der Waals surface area contributed by atoms with Gasteiger partial charge in [-0.05, 0) is 5.92 Å². The fraction of sp³-hybridized carbons (Fsp3) is 0.800. The summed E-state index contributed by atoms with van der Waals surface area (Å²) >= 11 is 0. The topological polar surface area (TPSA) is 66.8 Å². The minimum atomic E-state index is -0.664. The molecule has 0 radical (unpaired) electrons. The second-order valence-electron chi connectivity index (χ2n) is 4.12. The van der Waals surface area contributed by atoms with Crippen LogP contribution in [0.4, 0.5) is 0 Å². The Hall–Kier alpha value is -1.10. The molecular weight excluding hydrogens is 198 g/mol. The molecule has 0 spiro atoms. The molecule has 0 aromatic rings. The Morgan fingerprint density at radius 2 is 2.20 bits per heavy atom. The molecule has 1 heterocycles. The Kier molecular flexibility index (Phi) is 3.68. The molecule has 0 bridgehead atoms. The van der Waals surface area contributed by atoms with E-state index in [-0.39, 0.29) is 24.8 Å². The molecule has 5 nitrogen and oxygen atoms in total. The minimum absolute atomic E-state index is 0.0216. The largest absolute Gasteiger partial charge is 0.467 e. The molecule has 1 aliphatic rings. The zero-order chi connectivity index (χ0) is 11.6. The Morgan fingerprint density at radius 3 is 2.53 bits per heavy atom. The number of carbonyl (C=O) groups is 2. The molecule has 0 aromatic heterocycles. The maximum atomic E-state index is 11.5. The summed E-state index contributed by atoms with van der Waals surface area (Å²) in [5, 5.41) is 9.34. The van der Waals surface area contributed by atoms with E-state index in [4.69, 9.17) is 0 Å². The van der Waals surface area contributed by atoms with E-state index < -0.39 is 18.1 Å². The van der Waals surface area contributed by atoms with Crippen LogP contribution < -0.4 is 0 Å². The first-order valence-electron chi connectivity index (χ1n) is 5.02. The van der Waals surface area contributed by atoms with E-state index in [0.717, 1.165) is 0 Å². The fourth-order valence-electron chi connectivity index (χ4n) is 1.86. The fourth-order valence-corrected chi connectivity index (χ4v) is 1.86. The average molecular weight is 215 g/mol. The number of aliphatic hydroxyl groups excluding tert-OH is 1. The van der Waals surface area contributed by atoms with Gasteiger partial charge in [0.1, 0.15) is 6.04 Å². The van der Waals surface area contributed by atoms with Crippen molar-refractivity contribution in [2.24, 2.45) is 5.92 Å². The summed E-state index contributed by atoms with van der Waals surface area (Å²) in [6.07, 6.45) is -0.566. The van der Waals surface area contributed by atoms with E-state index in [1.807, 2.05) is 13.8 Å². The summed E-state index contributed by atoms with van der Waals surface area (Å²) in [6.45, 7) is 3.91. The van der Waals surface area contributed by atoms with Crippen LogP contribution in [-0.2, 0) is 14.3 Å². The highest BCUT2D eigenvalue weighted by Crippen LogP contribution is 2.20. The number of ether oxygens (including phenoxy) is 1. The van der Waals surface area contributed by atoms with Crippen molar-refractivity contribution < 1.29 is 19.4 Å². The lowest BCUT2D eigenvalue weighted by atomic mass is 10.0. The summed E-state index contributed by atoms with van der Waals surface area (Å²) in [6, 6.07) is -0.584. The zero-order valence-corrected chi connectivity index (χ0v) is 9.27. The van der Waals surface area contributed by atoms with E-state index in [0.29, 0.717) is 0 Å². The third-order valence-electron chi connectivity index (χ3n) is 2.55. The molecule has 0 aliphatic carbocycles. The number of likely N-dealkylation sites (tertiary alicyclic amines) is 1. The van der Waals surface area contributed by atoms with E-state index in [2.05, 4.69) is 4.74 Å². The van der Waals surface area contributed by atoms with E-state index >= 15 is 0 Å². The highest BCUT2D eigenvalue weighted by atomic mass is 16.5. The highest BCUT2D eigenvalue weighted by molar-refractivity contribution is 5.86. The van der Waals surface area contributed by atoms with Crippen molar-refractivity contribution in [3.63, 3.8) is 0 Å². The predicted octanol–water partition coefficient (Wildman–Crippen LogP) is -0.223. The van der Waals surface area contributed by atoms with Gasteiger partial charge < -0.3 is 14.7 Å². The number of amides is 1. The number of nitrogens with zero attached hydrogens (tertiary/aromatic N) is 1. The van der Waals surface area contributed by atoms with Crippen molar-refractivity contribution in [2.75, 3.05) is 13.7 Å². The van der Waals surface area contributed by atoms with Crippen molar-refractivity contribution >= 4 is 11.9 Å². The van der Waals surface area contributed by atoms with Gasteiger partial charge >= 0.3 is 5.97 Å². The van der Waals surface area contributed by atoms with Crippen LogP contribution in [0.5, 0.6) is 0 Å². The standard InChI is InChI=1S/C10H17NO4/c1-6(2)9(10(14)15-3)11-5-7(12)4-8(11)13/h6-7,9,12H,4-5H2,1-3H3. The maximum Gasteiger partial charge on any atom is 0.328 e.